The lowest BCUT2D eigenvalue weighted by atomic mass is 9.84. The third-order valence-corrected chi connectivity index (χ3v) is 4.38. The first-order valence-electron chi connectivity index (χ1n) is 8.60. The molecule has 1 fully saturated rings. The Bertz CT molecular complexity index is 610. The Morgan fingerprint density at radius 3 is 2.81 bits per heavy atom. The summed E-state index contributed by atoms with van der Waals surface area (Å²) in [5, 5.41) is 19.0. The average Bonchev–Trinajstić information content (AvgIpc) is 3.17. The molecule has 0 spiro atoms. The number of nitrogens with zero attached hydrogens (tertiary/aromatic N) is 3. The van der Waals surface area contributed by atoms with Crippen LogP contribution in [0.2, 0.25) is 0 Å². The van der Waals surface area contributed by atoms with E-state index in [1.165, 1.54) is 13.2 Å². The van der Waals surface area contributed by atoms with Crippen molar-refractivity contribution in [2.24, 2.45) is 17.5 Å². The number of halogens is 3. The molecule has 0 amide bonds. The first-order chi connectivity index (χ1) is 12.3. The van der Waals surface area contributed by atoms with E-state index >= 15 is 0 Å². The zero-order chi connectivity index (χ0) is 19.2. The molecule has 2 heterocycles. The topological polar surface area (TPSA) is 83.7 Å². The highest BCUT2D eigenvalue weighted by Gasteiger charge is 2.37. The fraction of sp³-hybridized carbons (Fsp3) is 0.750. The molecular weight excluding hydrogens is 351 g/mol. The Kier molecular flexibility index (Phi) is 6.87. The largest absolute Gasteiger partial charge is 0.435 e. The Hall–Kier alpha value is -1.81. The normalized spacial score (nSPS) is 21.2. The molecule has 0 saturated carbocycles. The second-order valence-corrected chi connectivity index (χ2v) is 6.50. The molecule has 0 aromatic carbocycles. The molecule has 0 radical (unpaired) electrons. The lowest BCUT2D eigenvalue weighted by Gasteiger charge is -2.27. The fourth-order valence-electron chi connectivity index (χ4n) is 2.98. The molecule has 1 aromatic rings. The molecule has 1 saturated heterocycles. The number of nitrogens with one attached hydrogen (secondary N) is 2. The summed E-state index contributed by atoms with van der Waals surface area (Å²) in [6, 6.07) is 0. The molecule has 148 valence electrons. The molecule has 26 heavy (non-hydrogen) atoms. The summed E-state index contributed by atoms with van der Waals surface area (Å²) in [7, 11) is 1.45. The average molecular weight is 377 g/mol. The van der Waals surface area contributed by atoms with Gasteiger partial charge < -0.3 is 20.5 Å². The van der Waals surface area contributed by atoms with Gasteiger partial charge in [0.25, 0.3) is 0 Å². The van der Waals surface area contributed by atoms with Gasteiger partial charge in [-0.3, -0.25) is 4.68 Å². The molecule has 1 aliphatic heterocycles. The second-order valence-electron chi connectivity index (χ2n) is 6.50. The quantitative estimate of drug-likeness (QED) is 0.493. The van der Waals surface area contributed by atoms with Crippen LogP contribution in [0, 0.1) is 5.41 Å². The predicted molar refractivity (Wildman–Crippen MR) is 90.6 cm³/mol. The zero-order valence-corrected chi connectivity index (χ0v) is 15.1. The summed E-state index contributed by atoms with van der Waals surface area (Å²) in [6.07, 6.45) is -1.76. The van der Waals surface area contributed by atoms with E-state index in [1.54, 1.807) is 0 Å². The second kappa shape index (κ2) is 8.72. The minimum Gasteiger partial charge on any atom is -0.396 e. The van der Waals surface area contributed by atoms with Gasteiger partial charge in [-0.2, -0.15) is 18.3 Å². The molecular formula is C16H26F3N5O2. The van der Waals surface area contributed by atoms with Crippen LogP contribution >= 0.6 is 0 Å². The first kappa shape index (κ1) is 20.5. The number of ether oxygens (including phenoxy) is 1. The van der Waals surface area contributed by atoms with Crippen molar-refractivity contribution in [1.29, 1.82) is 0 Å². The Balaban J connectivity index is 2.07. The first-order valence-corrected chi connectivity index (χ1v) is 8.60. The monoisotopic (exact) mass is 377 g/mol. The highest BCUT2D eigenvalue weighted by Crippen LogP contribution is 2.32. The number of rotatable bonds is 7. The van der Waals surface area contributed by atoms with Crippen LogP contribution < -0.4 is 10.6 Å². The van der Waals surface area contributed by atoms with Gasteiger partial charge in [0.2, 0.25) is 0 Å². The van der Waals surface area contributed by atoms with E-state index < -0.39 is 11.9 Å². The molecule has 7 nitrogen and oxygen atoms in total. The molecule has 10 heteroatoms. The molecule has 1 aliphatic rings. The predicted octanol–water partition coefficient (Wildman–Crippen LogP) is 1.28. The van der Waals surface area contributed by atoms with Crippen LogP contribution in [-0.4, -0.2) is 53.8 Å². The van der Waals surface area contributed by atoms with Gasteiger partial charge in [0.05, 0.1) is 13.2 Å². The van der Waals surface area contributed by atoms with Gasteiger partial charge in [0.15, 0.2) is 11.7 Å². The van der Waals surface area contributed by atoms with E-state index in [0.29, 0.717) is 38.7 Å². The number of aliphatic hydroxyl groups excluding tert-OH is 1. The standard InChI is InChI=1S/C16H26F3N5O2/c1-3-20-14(22-10-15(4-6-25)5-7-26-11-15)21-8-12-9-24(2)23-13(12)16(17,18)19/h9,25H,3-8,10-11H2,1-2H3,(H2,20,21,22). The number of aliphatic imine (C=N–C) groups is 1. The van der Waals surface area contributed by atoms with E-state index in [-0.39, 0.29) is 24.1 Å². The van der Waals surface area contributed by atoms with Crippen LogP contribution in [0.4, 0.5) is 13.2 Å². The van der Waals surface area contributed by atoms with Gasteiger partial charge in [0.1, 0.15) is 0 Å². The smallest absolute Gasteiger partial charge is 0.396 e. The summed E-state index contributed by atoms with van der Waals surface area (Å²) < 4.78 is 45.7. The summed E-state index contributed by atoms with van der Waals surface area (Å²) >= 11 is 0. The SMILES string of the molecule is CCNC(=NCc1cn(C)nc1C(F)(F)F)NCC1(CCO)CCOC1. The van der Waals surface area contributed by atoms with Crippen LogP contribution in [0.25, 0.3) is 0 Å². The highest BCUT2D eigenvalue weighted by atomic mass is 19.4. The molecule has 3 N–H and O–H groups in total. The summed E-state index contributed by atoms with van der Waals surface area (Å²) in [4.78, 5) is 4.26. The van der Waals surface area contributed by atoms with Crippen LogP contribution in [0.1, 0.15) is 31.0 Å². The minimum absolute atomic E-state index is 0.0199. The van der Waals surface area contributed by atoms with E-state index in [1.807, 2.05) is 6.92 Å². The van der Waals surface area contributed by atoms with Gasteiger partial charge in [-0.15, -0.1) is 0 Å². The van der Waals surface area contributed by atoms with Crippen molar-refractivity contribution in [2.75, 3.05) is 32.9 Å². The number of guanidine groups is 1. The zero-order valence-electron chi connectivity index (χ0n) is 15.1. The van der Waals surface area contributed by atoms with E-state index in [0.717, 1.165) is 11.1 Å². The lowest BCUT2D eigenvalue weighted by molar-refractivity contribution is -0.142. The lowest BCUT2D eigenvalue weighted by Crippen LogP contribution is -2.44. The molecule has 1 unspecified atom stereocenters. The Morgan fingerprint density at radius 2 is 2.23 bits per heavy atom. The highest BCUT2D eigenvalue weighted by molar-refractivity contribution is 5.79. The maximum absolute atomic E-state index is 13.0. The fourth-order valence-corrected chi connectivity index (χ4v) is 2.98. The van der Waals surface area contributed by atoms with Crippen molar-refractivity contribution < 1.29 is 23.0 Å². The number of aryl methyl sites for hydroxylation is 1. The third kappa shape index (κ3) is 5.34. The van der Waals surface area contributed by atoms with Crippen LogP contribution in [0.3, 0.4) is 0 Å². The van der Waals surface area contributed by atoms with Gasteiger partial charge in [-0.25, -0.2) is 4.99 Å². The van der Waals surface area contributed by atoms with Gasteiger partial charge in [0, 0.05) is 50.5 Å². The summed E-state index contributed by atoms with van der Waals surface area (Å²) in [5.74, 6) is 0.425. The van der Waals surface area contributed by atoms with E-state index in [4.69, 9.17) is 4.74 Å². The van der Waals surface area contributed by atoms with Crippen LogP contribution in [0.15, 0.2) is 11.2 Å². The van der Waals surface area contributed by atoms with Crippen molar-refractivity contribution >= 4 is 5.96 Å². The summed E-state index contributed by atoms with van der Waals surface area (Å²) in [5.41, 5.74) is -1.08. The van der Waals surface area contributed by atoms with E-state index in [9.17, 15) is 18.3 Å². The molecule has 0 aliphatic carbocycles. The molecule has 1 atom stereocenters. The van der Waals surface area contributed by atoms with Crippen molar-refractivity contribution in [1.82, 2.24) is 20.4 Å². The summed E-state index contributed by atoms with van der Waals surface area (Å²) in [6.45, 7) is 4.09. The number of aliphatic hydroxyl groups is 1. The minimum atomic E-state index is -4.51. The van der Waals surface area contributed by atoms with Crippen LogP contribution in [-0.2, 0) is 24.5 Å². The van der Waals surface area contributed by atoms with Crippen molar-refractivity contribution in [2.45, 2.75) is 32.5 Å². The molecule has 2 rings (SSSR count). The van der Waals surface area contributed by atoms with Crippen molar-refractivity contribution in [3.8, 4) is 0 Å². The number of hydrogen-bond donors (Lipinski definition) is 3. The number of alkyl halides is 3. The van der Waals surface area contributed by atoms with Crippen LogP contribution in [0.5, 0.6) is 0 Å². The van der Waals surface area contributed by atoms with Gasteiger partial charge >= 0.3 is 6.18 Å². The number of aromatic nitrogens is 2. The maximum atomic E-state index is 13.0. The van der Waals surface area contributed by atoms with Gasteiger partial charge in [-0.05, 0) is 19.8 Å². The number of hydrogen-bond acceptors (Lipinski definition) is 4. The molecule has 1 aromatic heterocycles. The van der Waals surface area contributed by atoms with Gasteiger partial charge in [-0.1, -0.05) is 0 Å². The Labute approximate surface area is 150 Å². The van der Waals surface area contributed by atoms with Crippen molar-refractivity contribution in [3.05, 3.63) is 17.5 Å². The third-order valence-electron chi connectivity index (χ3n) is 4.38. The van der Waals surface area contributed by atoms with Crippen molar-refractivity contribution in [3.63, 3.8) is 0 Å². The van der Waals surface area contributed by atoms with E-state index in [2.05, 4.69) is 20.7 Å². The molecule has 0 bridgehead atoms. The maximum Gasteiger partial charge on any atom is 0.435 e. The Morgan fingerprint density at radius 1 is 1.46 bits per heavy atom.